The molecule has 116 valence electrons. The van der Waals surface area contributed by atoms with Gasteiger partial charge in [-0.25, -0.2) is 0 Å². The molecule has 0 heterocycles. The molecule has 2 aromatic carbocycles. The number of anilines is 1. The van der Waals surface area contributed by atoms with Gasteiger partial charge in [0.05, 0.1) is 22.3 Å². The highest BCUT2D eigenvalue weighted by atomic mass is 35.5. The standard InChI is InChI=1S/C16H15Cl3N2O/c17-12-6-4-11(5-7-12)8-9-20-10-15(22)21-14-3-1-2-13(18)16(14)19/h1-7,20H,8-10H2,(H,21,22). The lowest BCUT2D eigenvalue weighted by molar-refractivity contribution is -0.115. The molecule has 2 N–H and O–H groups in total. The van der Waals surface area contributed by atoms with E-state index in [0.29, 0.717) is 22.3 Å². The van der Waals surface area contributed by atoms with Crippen molar-refractivity contribution in [2.45, 2.75) is 6.42 Å². The molecule has 22 heavy (non-hydrogen) atoms. The maximum atomic E-state index is 11.8. The van der Waals surface area contributed by atoms with Gasteiger partial charge in [-0.1, -0.05) is 53.0 Å². The molecule has 3 nitrogen and oxygen atoms in total. The van der Waals surface area contributed by atoms with E-state index in [9.17, 15) is 4.79 Å². The zero-order valence-electron chi connectivity index (χ0n) is 11.7. The van der Waals surface area contributed by atoms with E-state index in [1.54, 1.807) is 18.2 Å². The number of carbonyl (C=O) groups excluding carboxylic acids is 1. The molecule has 0 aliphatic carbocycles. The predicted molar refractivity (Wildman–Crippen MR) is 93.1 cm³/mol. The van der Waals surface area contributed by atoms with E-state index in [2.05, 4.69) is 10.6 Å². The molecule has 0 saturated heterocycles. The van der Waals surface area contributed by atoms with Crippen LogP contribution in [0.5, 0.6) is 0 Å². The third-order valence-electron chi connectivity index (χ3n) is 3.01. The molecule has 0 aliphatic heterocycles. The highest BCUT2D eigenvalue weighted by Crippen LogP contribution is 2.29. The minimum atomic E-state index is -0.166. The Bertz CT molecular complexity index is 644. The third kappa shape index (κ3) is 5.18. The van der Waals surface area contributed by atoms with Crippen molar-refractivity contribution in [1.82, 2.24) is 5.32 Å². The van der Waals surface area contributed by atoms with E-state index in [0.717, 1.165) is 17.0 Å². The van der Waals surface area contributed by atoms with Crippen LogP contribution in [0.1, 0.15) is 5.56 Å². The van der Waals surface area contributed by atoms with Crippen LogP contribution >= 0.6 is 34.8 Å². The first-order valence-corrected chi connectivity index (χ1v) is 7.88. The van der Waals surface area contributed by atoms with Gasteiger partial charge in [-0.2, -0.15) is 0 Å². The van der Waals surface area contributed by atoms with Gasteiger partial charge in [0.1, 0.15) is 0 Å². The highest BCUT2D eigenvalue weighted by molar-refractivity contribution is 6.44. The second-order valence-corrected chi connectivity index (χ2v) is 5.92. The van der Waals surface area contributed by atoms with Crippen LogP contribution in [0.15, 0.2) is 42.5 Å². The van der Waals surface area contributed by atoms with Crippen molar-refractivity contribution in [1.29, 1.82) is 0 Å². The van der Waals surface area contributed by atoms with Gasteiger partial charge in [0.15, 0.2) is 0 Å². The summed E-state index contributed by atoms with van der Waals surface area (Å²) < 4.78 is 0. The Morgan fingerprint density at radius 1 is 1.00 bits per heavy atom. The Kier molecular flexibility index (Phi) is 6.52. The molecular weight excluding hydrogens is 343 g/mol. The Morgan fingerprint density at radius 2 is 1.73 bits per heavy atom. The topological polar surface area (TPSA) is 41.1 Å². The van der Waals surface area contributed by atoms with Gasteiger partial charge >= 0.3 is 0 Å². The molecule has 0 saturated carbocycles. The lowest BCUT2D eigenvalue weighted by Gasteiger charge is -2.09. The van der Waals surface area contributed by atoms with E-state index in [1.165, 1.54) is 0 Å². The van der Waals surface area contributed by atoms with E-state index in [4.69, 9.17) is 34.8 Å². The maximum absolute atomic E-state index is 11.8. The van der Waals surface area contributed by atoms with Crippen LogP contribution in [0, 0.1) is 0 Å². The Hall–Kier alpha value is -1.26. The fraction of sp³-hybridized carbons (Fsp3) is 0.188. The van der Waals surface area contributed by atoms with E-state index >= 15 is 0 Å². The first-order chi connectivity index (χ1) is 10.6. The average Bonchev–Trinajstić information content (AvgIpc) is 2.50. The highest BCUT2D eigenvalue weighted by Gasteiger charge is 2.07. The van der Waals surface area contributed by atoms with Crippen LogP contribution in [0.4, 0.5) is 5.69 Å². The molecule has 1 amide bonds. The molecule has 6 heteroatoms. The summed E-state index contributed by atoms with van der Waals surface area (Å²) in [6.45, 7) is 0.898. The minimum absolute atomic E-state index is 0.166. The van der Waals surface area contributed by atoms with Crippen molar-refractivity contribution in [3.8, 4) is 0 Å². The van der Waals surface area contributed by atoms with Crippen LogP contribution in [-0.2, 0) is 11.2 Å². The molecule has 2 rings (SSSR count). The van der Waals surface area contributed by atoms with Crippen LogP contribution in [0.3, 0.4) is 0 Å². The van der Waals surface area contributed by atoms with Gasteiger partial charge in [-0.3, -0.25) is 4.79 Å². The fourth-order valence-electron chi connectivity index (χ4n) is 1.88. The normalized spacial score (nSPS) is 10.5. The monoisotopic (exact) mass is 356 g/mol. The minimum Gasteiger partial charge on any atom is -0.324 e. The molecule has 0 spiro atoms. The number of rotatable bonds is 6. The van der Waals surface area contributed by atoms with Crippen LogP contribution in [0.2, 0.25) is 15.1 Å². The van der Waals surface area contributed by atoms with Crippen LogP contribution < -0.4 is 10.6 Å². The van der Waals surface area contributed by atoms with Crippen molar-refractivity contribution < 1.29 is 4.79 Å². The number of halogens is 3. The Balaban J connectivity index is 1.74. The zero-order chi connectivity index (χ0) is 15.9. The molecule has 0 atom stereocenters. The van der Waals surface area contributed by atoms with Gasteiger partial charge in [-0.05, 0) is 42.8 Å². The van der Waals surface area contributed by atoms with Crippen molar-refractivity contribution in [2.24, 2.45) is 0 Å². The van der Waals surface area contributed by atoms with Crippen molar-refractivity contribution >= 4 is 46.4 Å². The molecular formula is C16H15Cl3N2O. The number of nitrogens with one attached hydrogen (secondary N) is 2. The summed E-state index contributed by atoms with van der Waals surface area (Å²) in [7, 11) is 0. The molecule has 0 bridgehead atoms. The Labute approximate surface area is 144 Å². The second-order valence-electron chi connectivity index (χ2n) is 4.70. The predicted octanol–water partition coefficient (Wildman–Crippen LogP) is 4.42. The molecule has 2 aromatic rings. The molecule has 0 aliphatic rings. The molecule has 0 radical (unpaired) electrons. The quantitative estimate of drug-likeness (QED) is 0.752. The average molecular weight is 358 g/mol. The third-order valence-corrected chi connectivity index (χ3v) is 4.09. The molecule has 0 aromatic heterocycles. The number of benzene rings is 2. The first-order valence-electron chi connectivity index (χ1n) is 6.75. The Morgan fingerprint density at radius 3 is 2.45 bits per heavy atom. The van der Waals surface area contributed by atoms with Crippen LogP contribution in [0.25, 0.3) is 0 Å². The van der Waals surface area contributed by atoms with E-state index in [1.807, 2.05) is 24.3 Å². The lowest BCUT2D eigenvalue weighted by Crippen LogP contribution is -2.29. The molecule has 0 fully saturated rings. The maximum Gasteiger partial charge on any atom is 0.238 e. The van der Waals surface area contributed by atoms with Gasteiger partial charge in [-0.15, -0.1) is 0 Å². The lowest BCUT2D eigenvalue weighted by atomic mass is 10.1. The van der Waals surface area contributed by atoms with Gasteiger partial charge in [0.25, 0.3) is 0 Å². The summed E-state index contributed by atoms with van der Waals surface area (Å²) >= 11 is 17.7. The summed E-state index contributed by atoms with van der Waals surface area (Å²) in [5, 5.41) is 7.28. The fourth-order valence-corrected chi connectivity index (χ4v) is 2.35. The van der Waals surface area contributed by atoms with E-state index in [-0.39, 0.29) is 12.5 Å². The number of carbonyl (C=O) groups is 1. The second kappa shape index (κ2) is 8.39. The van der Waals surface area contributed by atoms with E-state index < -0.39 is 0 Å². The zero-order valence-corrected chi connectivity index (χ0v) is 14.0. The molecule has 0 unspecified atom stereocenters. The summed E-state index contributed by atoms with van der Waals surface area (Å²) in [6, 6.07) is 12.8. The summed E-state index contributed by atoms with van der Waals surface area (Å²) in [6.07, 6.45) is 0.822. The largest absolute Gasteiger partial charge is 0.324 e. The number of hydrogen-bond donors (Lipinski definition) is 2. The van der Waals surface area contributed by atoms with Gasteiger partial charge < -0.3 is 10.6 Å². The first kappa shape index (κ1) is 17.1. The van der Waals surface area contributed by atoms with Crippen molar-refractivity contribution in [3.05, 3.63) is 63.1 Å². The van der Waals surface area contributed by atoms with Gasteiger partial charge in [0, 0.05) is 5.02 Å². The summed E-state index contributed by atoms with van der Waals surface area (Å²) in [5.74, 6) is -0.166. The SMILES string of the molecule is O=C(CNCCc1ccc(Cl)cc1)Nc1cccc(Cl)c1Cl. The summed E-state index contributed by atoms with van der Waals surface area (Å²) in [5.41, 5.74) is 1.67. The van der Waals surface area contributed by atoms with Gasteiger partial charge in [0.2, 0.25) is 5.91 Å². The van der Waals surface area contributed by atoms with Crippen molar-refractivity contribution in [3.63, 3.8) is 0 Å². The van der Waals surface area contributed by atoms with Crippen molar-refractivity contribution in [2.75, 3.05) is 18.4 Å². The summed E-state index contributed by atoms with van der Waals surface area (Å²) in [4.78, 5) is 11.8. The number of amides is 1. The number of hydrogen-bond acceptors (Lipinski definition) is 2. The van der Waals surface area contributed by atoms with Crippen LogP contribution in [-0.4, -0.2) is 19.0 Å². The smallest absolute Gasteiger partial charge is 0.238 e.